The lowest BCUT2D eigenvalue weighted by atomic mass is 10.2. The van der Waals surface area contributed by atoms with Crippen LogP contribution in [0.25, 0.3) is 0 Å². The molecule has 0 aliphatic carbocycles. The number of nitrogens with one attached hydrogen (secondary N) is 1. The van der Waals surface area contributed by atoms with E-state index in [1.807, 2.05) is 6.07 Å². The summed E-state index contributed by atoms with van der Waals surface area (Å²) >= 11 is 4.66. The van der Waals surface area contributed by atoms with Crippen LogP contribution >= 0.6 is 12.2 Å². The van der Waals surface area contributed by atoms with Crippen molar-refractivity contribution in [1.82, 2.24) is 0 Å². The van der Waals surface area contributed by atoms with E-state index in [0.29, 0.717) is 11.3 Å². The topological polar surface area (TPSA) is 59.6 Å². The molecule has 0 aliphatic heterocycles. The summed E-state index contributed by atoms with van der Waals surface area (Å²) in [5.74, 6) is 0. The summed E-state index contributed by atoms with van der Waals surface area (Å²) in [6.07, 6.45) is 0. The number of nitrogens with zero attached hydrogens (tertiary/aromatic N) is 2. The second-order valence-electron chi connectivity index (χ2n) is 2.26. The molecular formula is C9H5N3S. The number of hydrogen-bond acceptors (Lipinski definition) is 3. The molecule has 0 radical (unpaired) electrons. The van der Waals surface area contributed by atoms with Crippen LogP contribution in [-0.2, 0) is 0 Å². The summed E-state index contributed by atoms with van der Waals surface area (Å²) in [7, 11) is 0. The van der Waals surface area contributed by atoms with Crippen molar-refractivity contribution in [2.24, 2.45) is 0 Å². The lowest BCUT2D eigenvalue weighted by Gasteiger charge is -2.00. The Bertz CT molecular complexity index is 394. The maximum absolute atomic E-state index is 8.51. The van der Waals surface area contributed by atoms with Crippen molar-refractivity contribution in [3.8, 4) is 12.1 Å². The highest BCUT2D eigenvalue weighted by Gasteiger charge is 1.95. The molecule has 1 rings (SSSR count). The predicted octanol–water partition coefficient (Wildman–Crippen LogP) is 1.82. The molecule has 62 valence electrons. The van der Waals surface area contributed by atoms with Gasteiger partial charge in [0, 0.05) is 5.69 Å². The zero-order chi connectivity index (χ0) is 9.68. The molecule has 1 aromatic carbocycles. The number of anilines is 1. The third kappa shape index (κ3) is 2.55. The Kier molecular flexibility index (Phi) is 2.97. The Hall–Kier alpha value is -1.91. The Morgan fingerprint density at radius 1 is 1.23 bits per heavy atom. The van der Waals surface area contributed by atoms with E-state index in [2.05, 4.69) is 17.5 Å². The normalized spacial score (nSPS) is 8.15. The molecule has 0 spiro atoms. The van der Waals surface area contributed by atoms with E-state index >= 15 is 0 Å². The average Bonchev–Trinajstić information content (AvgIpc) is 2.19. The molecule has 0 aromatic heterocycles. The second kappa shape index (κ2) is 4.20. The van der Waals surface area contributed by atoms with Crippen molar-refractivity contribution >= 4 is 22.9 Å². The van der Waals surface area contributed by atoms with Crippen molar-refractivity contribution < 1.29 is 0 Å². The van der Waals surface area contributed by atoms with Crippen molar-refractivity contribution in [2.75, 3.05) is 5.32 Å². The van der Waals surface area contributed by atoms with Crippen LogP contribution in [0.1, 0.15) is 5.56 Å². The van der Waals surface area contributed by atoms with Gasteiger partial charge in [-0.15, -0.1) is 0 Å². The monoisotopic (exact) mass is 187 g/mol. The predicted molar refractivity (Wildman–Crippen MR) is 53.0 cm³/mol. The minimum absolute atomic E-state index is 0.115. The molecule has 0 heterocycles. The first-order chi connectivity index (χ1) is 6.26. The number of hydrogen-bond donors (Lipinski definition) is 1. The largest absolute Gasteiger partial charge is 0.338 e. The molecule has 13 heavy (non-hydrogen) atoms. The van der Waals surface area contributed by atoms with Crippen LogP contribution < -0.4 is 5.32 Å². The first-order valence-electron chi connectivity index (χ1n) is 3.47. The number of nitriles is 2. The van der Waals surface area contributed by atoms with Gasteiger partial charge in [0.05, 0.1) is 11.6 Å². The summed E-state index contributed by atoms with van der Waals surface area (Å²) in [6.45, 7) is 0. The van der Waals surface area contributed by atoms with Gasteiger partial charge < -0.3 is 5.32 Å². The third-order valence-electron chi connectivity index (χ3n) is 1.37. The molecule has 0 saturated carbocycles. The average molecular weight is 187 g/mol. The van der Waals surface area contributed by atoms with E-state index in [1.54, 1.807) is 30.3 Å². The summed E-state index contributed by atoms with van der Waals surface area (Å²) in [4.78, 5) is 0.115. The maximum atomic E-state index is 8.51. The number of benzene rings is 1. The quantitative estimate of drug-likeness (QED) is 0.681. The van der Waals surface area contributed by atoms with Gasteiger partial charge in [-0.2, -0.15) is 10.5 Å². The highest BCUT2D eigenvalue weighted by atomic mass is 32.1. The lowest BCUT2D eigenvalue weighted by Crippen LogP contribution is -2.04. The molecule has 0 aliphatic rings. The van der Waals surface area contributed by atoms with Crippen molar-refractivity contribution in [1.29, 1.82) is 10.5 Å². The van der Waals surface area contributed by atoms with Gasteiger partial charge in [0.1, 0.15) is 6.07 Å². The van der Waals surface area contributed by atoms with Gasteiger partial charge in [0.15, 0.2) is 4.99 Å². The summed E-state index contributed by atoms with van der Waals surface area (Å²) in [5, 5.41) is 19.6. The Morgan fingerprint density at radius 2 is 1.85 bits per heavy atom. The lowest BCUT2D eigenvalue weighted by molar-refractivity contribution is 1.48. The molecule has 1 N–H and O–H groups in total. The highest BCUT2D eigenvalue weighted by molar-refractivity contribution is 7.81. The highest BCUT2D eigenvalue weighted by Crippen LogP contribution is 2.08. The summed E-state index contributed by atoms with van der Waals surface area (Å²) in [5.41, 5.74) is 1.29. The molecular weight excluding hydrogens is 182 g/mol. The molecule has 0 saturated heterocycles. The van der Waals surface area contributed by atoms with Crippen LogP contribution in [0.3, 0.4) is 0 Å². The van der Waals surface area contributed by atoms with Crippen LogP contribution in [0.5, 0.6) is 0 Å². The Labute approximate surface area is 81.2 Å². The third-order valence-corrected chi connectivity index (χ3v) is 1.57. The standard InChI is InChI=1S/C9H5N3S/c10-5-7-1-3-8(4-2-7)12-9(13)6-11/h1-4H,(H,12,13). The zero-order valence-corrected chi connectivity index (χ0v) is 7.43. The molecule has 4 heteroatoms. The first-order valence-corrected chi connectivity index (χ1v) is 3.88. The van der Waals surface area contributed by atoms with Crippen molar-refractivity contribution in [2.45, 2.75) is 0 Å². The Morgan fingerprint density at radius 3 is 2.31 bits per heavy atom. The van der Waals surface area contributed by atoms with Crippen LogP contribution in [-0.4, -0.2) is 4.99 Å². The molecule has 0 bridgehead atoms. The Balaban J connectivity index is 2.78. The van der Waals surface area contributed by atoms with E-state index in [0.717, 1.165) is 0 Å². The van der Waals surface area contributed by atoms with Crippen LogP contribution in [0.2, 0.25) is 0 Å². The molecule has 3 nitrogen and oxygen atoms in total. The van der Waals surface area contributed by atoms with Crippen molar-refractivity contribution in [3.05, 3.63) is 29.8 Å². The second-order valence-corrected chi connectivity index (χ2v) is 2.66. The van der Waals surface area contributed by atoms with Gasteiger partial charge in [0.25, 0.3) is 0 Å². The fourth-order valence-corrected chi connectivity index (χ4v) is 0.905. The van der Waals surface area contributed by atoms with Gasteiger partial charge in [-0.05, 0) is 36.5 Å². The zero-order valence-electron chi connectivity index (χ0n) is 6.61. The number of rotatable bonds is 1. The van der Waals surface area contributed by atoms with Gasteiger partial charge in [0.2, 0.25) is 0 Å². The number of thiocarbonyl (C=S) groups is 1. The van der Waals surface area contributed by atoms with Gasteiger partial charge in [-0.1, -0.05) is 0 Å². The molecule has 1 aromatic rings. The van der Waals surface area contributed by atoms with Gasteiger partial charge >= 0.3 is 0 Å². The molecule has 0 fully saturated rings. The molecule has 0 unspecified atom stereocenters. The fourth-order valence-electron chi connectivity index (χ4n) is 0.787. The van der Waals surface area contributed by atoms with Crippen LogP contribution in [0.4, 0.5) is 5.69 Å². The maximum Gasteiger partial charge on any atom is 0.182 e. The first kappa shape index (κ1) is 9.18. The van der Waals surface area contributed by atoms with E-state index < -0.39 is 0 Å². The van der Waals surface area contributed by atoms with Crippen LogP contribution in [0, 0.1) is 22.7 Å². The fraction of sp³-hybridized carbons (Fsp3) is 0. The van der Waals surface area contributed by atoms with Crippen LogP contribution in [0.15, 0.2) is 24.3 Å². The minimum Gasteiger partial charge on any atom is -0.338 e. The van der Waals surface area contributed by atoms with Gasteiger partial charge in [-0.25, -0.2) is 0 Å². The van der Waals surface area contributed by atoms with Gasteiger partial charge in [-0.3, -0.25) is 0 Å². The smallest absolute Gasteiger partial charge is 0.182 e. The SMILES string of the molecule is N#CC(=S)Nc1ccc(C#N)cc1. The summed E-state index contributed by atoms with van der Waals surface area (Å²) < 4.78 is 0. The van der Waals surface area contributed by atoms with E-state index in [4.69, 9.17) is 10.5 Å². The molecule has 0 amide bonds. The molecule has 0 atom stereocenters. The van der Waals surface area contributed by atoms with E-state index in [-0.39, 0.29) is 4.99 Å². The summed E-state index contributed by atoms with van der Waals surface area (Å²) in [6, 6.07) is 10.5. The van der Waals surface area contributed by atoms with Crippen molar-refractivity contribution in [3.63, 3.8) is 0 Å². The minimum atomic E-state index is 0.115. The van der Waals surface area contributed by atoms with E-state index in [9.17, 15) is 0 Å². The van der Waals surface area contributed by atoms with E-state index in [1.165, 1.54) is 0 Å².